The molecule has 30 heavy (non-hydrogen) atoms. The molecule has 1 N–H and O–H groups in total. The molecule has 0 spiro atoms. The summed E-state index contributed by atoms with van der Waals surface area (Å²) in [5.41, 5.74) is 1.44. The number of hydrogen-bond donors (Lipinski definition) is 1. The number of amides is 2. The van der Waals surface area contributed by atoms with Crippen LogP contribution in [0, 0.1) is 5.92 Å². The van der Waals surface area contributed by atoms with Gasteiger partial charge in [0.2, 0.25) is 11.8 Å². The molecule has 0 bridgehead atoms. The van der Waals surface area contributed by atoms with E-state index in [1.54, 1.807) is 29.2 Å². The first-order chi connectivity index (χ1) is 14.2. The molecule has 0 aromatic heterocycles. The average molecular weight is 470 g/mol. The Kier molecular flexibility index (Phi) is 9.47. The third-order valence-electron chi connectivity index (χ3n) is 4.73. The van der Waals surface area contributed by atoms with Gasteiger partial charge in [-0.05, 0) is 41.7 Å². The molecule has 7 heteroatoms. The van der Waals surface area contributed by atoms with Gasteiger partial charge in [-0.25, -0.2) is 0 Å². The highest BCUT2D eigenvalue weighted by atomic mass is 35.5. The fourth-order valence-corrected chi connectivity index (χ4v) is 3.75. The van der Waals surface area contributed by atoms with E-state index in [0.29, 0.717) is 39.5 Å². The lowest BCUT2D eigenvalue weighted by molar-refractivity contribution is -0.141. The fourth-order valence-electron chi connectivity index (χ4n) is 3.08. The first-order valence-electron chi connectivity index (χ1n) is 9.97. The number of nitrogens with one attached hydrogen (secondary N) is 1. The van der Waals surface area contributed by atoms with Crippen LogP contribution in [0.5, 0.6) is 0 Å². The van der Waals surface area contributed by atoms with Crippen LogP contribution in [0.2, 0.25) is 15.1 Å². The van der Waals surface area contributed by atoms with Gasteiger partial charge in [0.05, 0.1) is 6.42 Å². The molecular formula is C23H27Cl3N2O2. The molecule has 0 aliphatic carbocycles. The predicted molar refractivity (Wildman–Crippen MR) is 124 cm³/mol. The van der Waals surface area contributed by atoms with E-state index in [4.69, 9.17) is 34.8 Å². The number of carbonyl (C=O) groups is 2. The molecule has 0 aliphatic heterocycles. The quantitative estimate of drug-likeness (QED) is 0.507. The van der Waals surface area contributed by atoms with Crippen LogP contribution >= 0.6 is 34.8 Å². The van der Waals surface area contributed by atoms with Crippen molar-refractivity contribution in [1.82, 2.24) is 10.2 Å². The Morgan fingerprint density at radius 2 is 1.70 bits per heavy atom. The second-order valence-electron chi connectivity index (χ2n) is 7.59. The standard InChI is InChI=1S/C23H27Cl3N2O2/c1-4-21(23(30)27-13-15(2)3)28(14-17-7-5-6-8-19(17)25)22(29)11-16-9-10-18(24)12-20(16)26/h5-10,12,15,21H,4,11,13-14H2,1-3H3,(H,27,30). The number of hydrogen-bond acceptors (Lipinski definition) is 2. The second kappa shape index (κ2) is 11.6. The average Bonchev–Trinajstić information content (AvgIpc) is 2.69. The molecule has 0 aliphatic rings. The molecule has 1 unspecified atom stereocenters. The molecule has 1 atom stereocenters. The Hall–Kier alpha value is -1.75. The minimum Gasteiger partial charge on any atom is -0.354 e. The van der Waals surface area contributed by atoms with E-state index in [0.717, 1.165) is 5.56 Å². The number of carbonyl (C=O) groups excluding carboxylic acids is 2. The molecule has 2 aromatic carbocycles. The van der Waals surface area contributed by atoms with Crippen LogP contribution < -0.4 is 5.32 Å². The van der Waals surface area contributed by atoms with E-state index in [1.165, 1.54) is 0 Å². The fraction of sp³-hybridized carbons (Fsp3) is 0.391. The van der Waals surface area contributed by atoms with Gasteiger partial charge in [-0.3, -0.25) is 9.59 Å². The summed E-state index contributed by atoms with van der Waals surface area (Å²) in [5.74, 6) is -0.0634. The van der Waals surface area contributed by atoms with E-state index in [9.17, 15) is 9.59 Å². The van der Waals surface area contributed by atoms with Crippen molar-refractivity contribution in [2.75, 3.05) is 6.54 Å². The summed E-state index contributed by atoms with van der Waals surface area (Å²) in [5, 5.41) is 4.42. The molecule has 0 radical (unpaired) electrons. The summed E-state index contributed by atoms with van der Waals surface area (Å²) in [6.07, 6.45) is 0.545. The summed E-state index contributed by atoms with van der Waals surface area (Å²) in [6, 6.07) is 11.7. The third-order valence-corrected chi connectivity index (χ3v) is 5.68. The van der Waals surface area contributed by atoms with Crippen molar-refractivity contribution in [3.05, 3.63) is 68.7 Å². The highest BCUT2D eigenvalue weighted by Gasteiger charge is 2.29. The van der Waals surface area contributed by atoms with Gasteiger partial charge in [0.15, 0.2) is 0 Å². The lowest BCUT2D eigenvalue weighted by Crippen LogP contribution is -2.50. The highest BCUT2D eigenvalue weighted by Crippen LogP contribution is 2.24. The second-order valence-corrected chi connectivity index (χ2v) is 8.84. The topological polar surface area (TPSA) is 49.4 Å². The lowest BCUT2D eigenvalue weighted by Gasteiger charge is -2.31. The summed E-state index contributed by atoms with van der Waals surface area (Å²) < 4.78 is 0. The van der Waals surface area contributed by atoms with Gasteiger partial charge in [-0.1, -0.05) is 79.8 Å². The van der Waals surface area contributed by atoms with Crippen molar-refractivity contribution in [2.24, 2.45) is 5.92 Å². The molecular weight excluding hydrogens is 443 g/mol. The molecule has 0 heterocycles. The third kappa shape index (κ3) is 6.90. The SMILES string of the molecule is CCC(C(=O)NCC(C)C)N(Cc1ccccc1Cl)C(=O)Cc1ccc(Cl)cc1Cl. The first-order valence-corrected chi connectivity index (χ1v) is 11.1. The molecule has 2 rings (SSSR count). The van der Waals surface area contributed by atoms with E-state index >= 15 is 0 Å². The zero-order valence-electron chi connectivity index (χ0n) is 17.4. The Bertz CT molecular complexity index is 887. The van der Waals surface area contributed by atoms with Crippen molar-refractivity contribution in [2.45, 2.75) is 46.2 Å². The van der Waals surface area contributed by atoms with E-state index < -0.39 is 6.04 Å². The Morgan fingerprint density at radius 1 is 1.00 bits per heavy atom. The van der Waals surface area contributed by atoms with Crippen LogP contribution in [0.25, 0.3) is 0 Å². The Balaban J connectivity index is 2.32. The molecule has 0 saturated heterocycles. The summed E-state index contributed by atoms with van der Waals surface area (Å²) in [6.45, 7) is 6.72. The van der Waals surface area contributed by atoms with Crippen LogP contribution in [0.1, 0.15) is 38.3 Å². The van der Waals surface area contributed by atoms with Crippen LogP contribution in [-0.2, 0) is 22.6 Å². The largest absolute Gasteiger partial charge is 0.354 e. The zero-order valence-corrected chi connectivity index (χ0v) is 19.7. The first kappa shape index (κ1) is 24.5. The number of nitrogens with zero attached hydrogens (tertiary/aromatic N) is 1. The summed E-state index contributed by atoms with van der Waals surface area (Å²) in [7, 11) is 0. The normalized spacial score (nSPS) is 12.0. The van der Waals surface area contributed by atoms with Crippen molar-refractivity contribution in [3.63, 3.8) is 0 Å². The number of rotatable bonds is 9. The zero-order chi connectivity index (χ0) is 22.3. The van der Waals surface area contributed by atoms with Crippen LogP contribution in [0.4, 0.5) is 0 Å². The number of halogens is 3. The Morgan fingerprint density at radius 3 is 2.30 bits per heavy atom. The Labute approximate surface area is 193 Å². The van der Waals surface area contributed by atoms with Gasteiger partial charge < -0.3 is 10.2 Å². The van der Waals surface area contributed by atoms with Crippen molar-refractivity contribution in [1.29, 1.82) is 0 Å². The predicted octanol–water partition coefficient (Wildman–Crippen LogP) is 5.77. The van der Waals surface area contributed by atoms with Crippen molar-refractivity contribution in [3.8, 4) is 0 Å². The molecule has 2 aromatic rings. The number of benzene rings is 2. The maximum atomic E-state index is 13.3. The minimum absolute atomic E-state index is 0.0639. The monoisotopic (exact) mass is 468 g/mol. The maximum Gasteiger partial charge on any atom is 0.242 e. The van der Waals surface area contributed by atoms with Crippen LogP contribution in [0.15, 0.2) is 42.5 Å². The molecule has 2 amide bonds. The van der Waals surface area contributed by atoms with Crippen LogP contribution in [-0.4, -0.2) is 29.3 Å². The van der Waals surface area contributed by atoms with Gasteiger partial charge in [0, 0.05) is 28.2 Å². The summed E-state index contributed by atoms with van der Waals surface area (Å²) in [4.78, 5) is 27.8. The van der Waals surface area contributed by atoms with Gasteiger partial charge in [0.1, 0.15) is 6.04 Å². The highest BCUT2D eigenvalue weighted by molar-refractivity contribution is 6.35. The summed E-state index contributed by atoms with van der Waals surface area (Å²) >= 11 is 18.6. The minimum atomic E-state index is -0.612. The maximum absolute atomic E-state index is 13.3. The van der Waals surface area contributed by atoms with Crippen molar-refractivity contribution >= 4 is 46.6 Å². The van der Waals surface area contributed by atoms with Gasteiger partial charge in [-0.2, -0.15) is 0 Å². The molecule has 4 nitrogen and oxygen atoms in total. The molecule has 0 fully saturated rings. The van der Waals surface area contributed by atoms with Crippen LogP contribution in [0.3, 0.4) is 0 Å². The smallest absolute Gasteiger partial charge is 0.242 e. The molecule has 162 valence electrons. The van der Waals surface area contributed by atoms with E-state index in [-0.39, 0.29) is 24.8 Å². The van der Waals surface area contributed by atoms with Crippen molar-refractivity contribution < 1.29 is 9.59 Å². The van der Waals surface area contributed by atoms with Gasteiger partial charge in [0.25, 0.3) is 0 Å². The van der Waals surface area contributed by atoms with E-state index in [2.05, 4.69) is 5.32 Å². The van der Waals surface area contributed by atoms with E-state index in [1.807, 2.05) is 39.0 Å². The molecule has 0 saturated carbocycles. The van der Waals surface area contributed by atoms with Gasteiger partial charge in [-0.15, -0.1) is 0 Å². The van der Waals surface area contributed by atoms with Gasteiger partial charge >= 0.3 is 0 Å². The lowest BCUT2D eigenvalue weighted by atomic mass is 10.1.